The van der Waals surface area contributed by atoms with Gasteiger partial charge in [0.05, 0.1) is 19.2 Å². The van der Waals surface area contributed by atoms with E-state index in [1.54, 1.807) is 25.3 Å². The minimum absolute atomic E-state index is 0.0752. The van der Waals surface area contributed by atoms with E-state index in [2.05, 4.69) is 29.1 Å². The number of hydrogen-bond donors (Lipinski definition) is 2. The van der Waals surface area contributed by atoms with Gasteiger partial charge in [0.15, 0.2) is 0 Å². The summed E-state index contributed by atoms with van der Waals surface area (Å²) >= 11 is 0. The van der Waals surface area contributed by atoms with Crippen molar-refractivity contribution in [3.8, 4) is 17.6 Å². The van der Waals surface area contributed by atoms with E-state index in [1.165, 1.54) is 0 Å². The Morgan fingerprint density at radius 1 is 1.57 bits per heavy atom. The van der Waals surface area contributed by atoms with Crippen LogP contribution in [0.3, 0.4) is 0 Å². The molecule has 1 fully saturated rings. The molecular weight excluding hydrogens is 266 g/mol. The van der Waals surface area contributed by atoms with Crippen LogP contribution in [0.15, 0.2) is 18.2 Å². The summed E-state index contributed by atoms with van der Waals surface area (Å²) in [7, 11) is 3.64. The number of rotatable bonds is 3. The maximum atomic E-state index is 12.3. The molecule has 5 nitrogen and oxygen atoms in total. The van der Waals surface area contributed by atoms with Gasteiger partial charge in [0.1, 0.15) is 5.75 Å². The molecule has 1 aliphatic rings. The highest BCUT2D eigenvalue weighted by Crippen LogP contribution is 2.19. The lowest BCUT2D eigenvalue weighted by molar-refractivity contribution is 0.0938. The molecule has 5 heteroatoms. The standard InChI is InChI=1S/C16H21N3O2/c1-19-9-7-14(11-19)18-16(20)13-5-6-15(21-2)12(10-13)4-3-8-17/h5-6,10,14H,7-9,11,17H2,1-2H3,(H,18,20). The lowest BCUT2D eigenvalue weighted by Gasteiger charge is -2.13. The van der Waals surface area contributed by atoms with Gasteiger partial charge in [-0.05, 0) is 38.2 Å². The second kappa shape index (κ2) is 7.11. The highest BCUT2D eigenvalue weighted by atomic mass is 16.5. The molecule has 0 radical (unpaired) electrons. The number of hydrogen-bond acceptors (Lipinski definition) is 4. The van der Waals surface area contributed by atoms with Crippen LogP contribution in [0.2, 0.25) is 0 Å². The first-order valence-corrected chi connectivity index (χ1v) is 7.00. The Morgan fingerprint density at radius 2 is 2.38 bits per heavy atom. The van der Waals surface area contributed by atoms with Crippen LogP contribution in [0, 0.1) is 11.8 Å². The summed E-state index contributed by atoms with van der Waals surface area (Å²) in [6.07, 6.45) is 0.984. The number of ether oxygens (including phenoxy) is 1. The third-order valence-corrected chi connectivity index (χ3v) is 3.51. The smallest absolute Gasteiger partial charge is 0.251 e. The van der Waals surface area contributed by atoms with Gasteiger partial charge < -0.3 is 20.7 Å². The lowest BCUT2D eigenvalue weighted by Crippen LogP contribution is -2.36. The summed E-state index contributed by atoms with van der Waals surface area (Å²) in [6.45, 7) is 2.18. The van der Waals surface area contributed by atoms with Crippen molar-refractivity contribution < 1.29 is 9.53 Å². The highest BCUT2D eigenvalue weighted by Gasteiger charge is 2.21. The van der Waals surface area contributed by atoms with Crippen LogP contribution in [0.1, 0.15) is 22.3 Å². The summed E-state index contributed by atoms with van der Waals surface area (Å²) in [5.74, 6) is 6.29. The van der Waals surface area contributed by atoms with Crippen LogP contribution in [0.5, 0.6) is 5.75 Å². The maximum Gasteiger partial charge on any atom is 0.251 e. The van der Waals surface area contributed by atoms with Crippen LogP contribution >= 0.6 is 0 Å². The molecule has 21 heavy (non-hydrogen) atoms. The monoisotopic (exact) mass is 287 g/mol. The lowest BCUT2D eigenvalue weighted by atomic mass is 10.1. The number of nitrogens with zero attached hydrogens (tertiary/aromatic N) is 1. The normalized spacial score (nSPS) is 18.0. The molecule has 1 heterocycles. The second-order valence-corrected chi connectivity index (χ2v) is 5.14. The van der Waals surface area contributed by atoms with E-state index >= 15 is 0 Å². The van der Waals surface area contributed by atoms with E-state index in [0.717, 1.165) is 19.5 Å². The zero-order valence-corrected chi connectivity index (χ0v) is 12.5. The number of carbonyl (C=O) groups excluding carboxylic acids is 1. The number of amides is 1. The number of nitrogens with two attached hydrogens (primary N) is 1. The number of carbonyl (C=O) groups is 1. The molecule has 1 aromatic carbocycles. The van der Waals surface area contributed by atoms with Gasteiger partial charge in [0, 0.05) is 18.2 Å². The summed E-state index contributed by atoms with van der Waals surface area (Å²) in [5.41, 5.74) is 6.66. The molecule has 1 atom stereocenters. The molecule has 112 valence electrons. The molecule has 1 unspecified atom stereocenters. The van der Waals surface area contributed by atoms with E-state index in [1.807, 2.05) is 0 Å². The summed E-state index contributed by atoms with van der Waals surface area (Å²) in [5, 5.41) is 3.05. The van der Waals surface area contributed by atoms with E-state index in [4.69, 9.17) is 10.5 Å². The number of likely N-dealkylation sites (N-methyl/N-ethyl adjacent to an activating group) is 1. The minimum Gasteiger partial charge on any atom is -0.495 e. The SMILES string of the molecule is COc1ccc(C(=O)NC2CCN(C)C2)cc1C#CCN. The van der Waals surface area contributed by atoms with Crippen molar-refractivity contribution >= 4 is 5.91 Å². The summed E-state index contributed by atoms with van der Waals surface area (Å²) in [6, 6.07) is 5.47. The zero-order chi connectivity index (χ0) is 15.2. The predicted molar refractivity (Wildman–Crippen MR) is 82.3 cm³/mol. The van der Waals surface area contributed by atoms with Crippen LogP contribution in [0.4, 0.5) is 0 Å². The van der Waals surface area contributed by atoms with Gasteiger partial charge in [-0.2, -0.15) is 0 Å². The molecule has 3 N–H and O–H groups in total. The molecule has 1 saturated heterocycles. The average Bonchev–Trinajstić information content (AvgIpc) is 2.89. The highest BCUT2D eigenvalue weighted by molar-refractivity contribution is 5.95. The van der Waals surface area contributed by atoms with E-state index in [0.29, 0.717) is 16.9 Å². The van der Waals surface area contributed by atoms with Gasteiger partial charge in [0.2, 0.25) is 0 Å². The van der Waals surface area contributed by atoms with Gasteiger partial charge in [-0.3, -0.25) is 4.79 Å². The Labute approximate surface area is 125 Å². The fraction of sp³-hybridized carbons (Fsp3) is 0.438. The van der Waals surface area contributed by atoms with E-state index < -0.39 is 0 Å². The maximum absolute atomic E-state index is 12.3. The van der Waals surface area contributed by atoms with E-state index in [9.17, 15) is 4.79 Å². The fourth-order valence-electron chi connectivity index (χ4n) is 2.41. The average molecular weight is 287 g/mol. The quantitative estimate of drug-likeness (QED) is 0.792. The predicted octanol–water partition coefficient (Wildman–Crippen LogP) is 0.439. The van der Waals surface area contributed by atoms with Crippen LogP contribution in [-0.4, -0.2) is 50.6 Å². The van der Waals surface area contributed by atoms with Crippen LogP contribution in [-0.2, 0) is 0 Å². The van der Waals surface area contributed by atoms with Gasteiger partial charge in [-0.15, -0.1) is 0 Å². The first-order valence-electron chi connectivity index (χ1n) is 7.00. The van der Waals surface area contributed by atoms with Gasteiger partial charge in [-0.1, -0.05) is 11.8 Å². The third-order valence-electron chi connectivity index (χ3n) is 3.51. The zero-order valence-electron chi connectivity index (χ0n) is 12.5. The molecule has 0 aliphatic carbocycles. The largest absolute Gasteiger partial charge is 0.495 e. The fourth-order valence-corrected chi connectivity index (χ4v) is 2.41. The summed E-state index contributed by atoms with van der Waals surface area (Å²) in [4.78, 5) is 14.5. The molecule has 0 bridgehead atoms. The molecule has 1 amide bonds. The van der Waals surface area contributed by atoms with Crippen LogP contribution < -0.4 is 15.8 Å². The van der Waals surface area contributed by atoms with Crippen molar-refractivity contribution in [2.75, 3.05) is 33.8 Å². The molecule has 0 saturated carbocycles. The second-order valence-electron chi connectivity index (χ2n) is 5.14. The van der Waals surface area contributed by atoms with Gasteiger partial charge in [0.25, 0.3) is 5.91 Å². The molecule has 1 aromatic rings. The van der Waals surface area contributed by atoms with Crippen molar-refractivity contribution in [3.63, 3.8) is 0 Å². The topological polar surface area (TPSA) is 67.6 Å². The molecule has 2 rings (SSSR count). The van der Waals surface area contributed by atoms with Crippen molar-refractivity contribution in [3.05, 3.63) is 29.3 Å². The third kappa shape index (κ3) is 3.97. The van der Waals surface area contributed by atoms with Gasteiger partial charge >= 0.3 is 0 Å². The minimum atomic E-state index is -0.0752. The van der Waals surface area contributed by atoms with Crippen LogP contribution in [0.25, 0.3) is 0 Å². The van der Waals surface area contributed by atoms with Crippen molar-refractivity contribution in [1.29, 1.82) is 0 Å². The molecular formula is C16H21N3O2. The Morgan fingerprint density at radius 3 is 3.00 bits per heavy atom. The Hall–Kier alpha value is -2.03. The Kier molecular flexibility index (Phi) is 5.20. The number of benzene rings is 1. The molecule has 0 aromatic heterocycles. The number of likely N-dealkylation sites (tertiary alicyclic amines) is 1. The molecule has 0 spiro atoms. The first kappa shape index (κ1) is 15.4. The molecule has 1 aliphatic heterocycles. The Bertz CT molecular complexity index is 575. The number of methoxy groups -OCH3 is 1. The first-order chi connectivity index (χ1) is 10.1. The van der Waals surface area contributed by atoms with Crippen molar-refractivity contribution in [1.82, 2.24) is 10.2 Å². The number of nitrogens with one attached hydrogen (secondary N) is 1. The van der Waals surface area contributed by atoms with Crippen molar-refractivity contribution in [2.45, 2.75) is 12.5 Å². The summed E-state index contributed by atoms with van der Waals surface area (Å²) < 4.78 is 5.24. The van der Waals surface area contributed by atoms with Gasteiger partial charge in [-0.25, -0.2) is 0 Å². The van der Waals surface area contributed by atoms with Crippen molar-refractivity contribution in [2.24, 2.45) is 5.73 Å². The Balaban J connectivity index is 2.13. The van der Waals surface area contributed by atoms with E-state index in [-0.39, 0.29) is 18.5 Å².